The predicted molar refractivity (Wildman–Crippen MR) is 89.5 cm³/mol. The number of H-pyrrole nitrogens is 1. The molecule has 1 aromatic heterocycles. The second kappa shape index (κ2) is 6.96. The normalized spacial score (nSPS) is 10.7. The van der Waals surface area contributed by atoms with Crippen LogP contribution in [0.25, 0.3) is 11.0 Å². The maximum Gasteiger partial charge on any atom is 0.257 e. The van der Waals surface area contributed by atoms with Crippen LogP contribution >= 0.6 is 0 Å². The first kappa shape index (κ1) is 15.1. The number of hydrogen-bond acceptors (Lipinski definition) is 3. The maximum absolute atomic E-state index is 11.8. The summed E-state index contributed by atoms with van der Waals surface area (Å²) in [5, 5.41) is 2.84. The van der Waals surface area contributed by atoms with Gasteiger partial charge in [-0.15, -0.1) is 0 Å². The third-order valence-electron chi connectivity index (χ3n) is 3.48. The van der Waals surface area contributed by atoms with Gasteiger partial charge in [-0.05, 0) is 36.8 Å². The molecule has 0 saturated carbocycles. The third-order valence-corrected chi connectivity index (χ3v) is 3.48. The zero-order valence-corrected chi connectivity index (χ0v) is 13.0. The van der Waals surface area contributed by atoms with E-state index in [1.54, 1.807) is 0 Å². The van der Waals surface area contributed by atoms with Crippen LogP contribution in [0, 0.1) is 6.92 Å². The quantitative estimate of drug-likeness (QED) is 0.735. The Balaban J connectivity index is 1.44. The molecule has 3 aromatic rings. The van der Waals surface area contributed by atoms with Crippen LogP contribution in [0.5, 0.6) is 5.75 Å². The zero-order chi connectivity index (χ0) is 16.1. The van der Waals surface area contributed by atoms with Crippen molar-refractivity contribution in [1.82, 2.24) is 15.3 Å². The van der Waals surface area contributed by atoms with Crippen LogP contribution in [-0.2, 0) is 11.2 Å². The lowest BCUT2D eigenvalue weighted by atomic mass is 10.2. The molecule has 23 heavy (non-hydrogen) atoms. The molecule has 0 saturated heterocycles. The molecule has 1 amide bonds. The van der Waals surface area contributed by atoms with E-state index in [9.17, 15) is 4.79 Å². The van der Waals surface area contributed by atoms with E-state index in [0.717, 1.165) is 22.4 Å². The van der Waals surface area contributed by atoms with Crippen molar-refractivity contribution < 1.29 is 9.53 Å². The zero-order valence-electron chi connectivity index (χ0n) is 13.0. The number of para-hydroxylation sites is 2. The Bertz CT molecular complexity index is 778. The van der Waals surface area contributed by atoms with E-state index in [1.165, 1.54) is 0 Å². The summed E-state index contributed by atoms with van der Waals surface area (Å²) < 4.78 is 5.46. The van der Waals surface area contributed by atoms with Gasteiger partial charge in [0.05, 0.1) is 11.0 Å². The first-order chi connectivity index (χ1) is 11.2. The fourth-order valence-corrected chi connectivity index (χ4v) is 2.35. The highest BCUT2D eigenvalue weighted by Crippen LogP contribution is 2.12. The van der Waals surface area contributed by atoms with Gasteiger partial charge in [-0.1, -0.05) is 24.3 Å². The summed E-state index contributed by atoms with van der Waals surface area (Å²) in [6, 6.07) is 15.5. The van der Waals surface area contributed by atoms with E-state index >= 15 is 0 Å². The molecule has 5 heteroatoms. The standard InChI is InChI=1S/C18H19N3O2/c1-13-5-4-6-14(11-13)23-12-18(22)19-10-9-17-20-15-7-2-3-8-16(15)21-17/h2-8,11H,9-10,12H2,1H3,(H,19,22)(H,20,21). The molecule has 0 aliphatic heterocycles. The number of nitrogens with one attached hydrogen (secondary N) is 2. The molecule has 0 bridgehead atoms. The minimum absolute atomic E-state index is 0.0174. The highest BCUT2D eigenvalue weighted by atomic mass is 16.5. The number of aromatic nitrogens is 2. The van der Waals surface area contributed by atoms with Crippen molar-refractivity contribution in [3.05, 3.63) is 59.9 Å². The van der Waals surface area contributed by atoms with E-state index in [4.69, 9.17) is 4.74 Å². The largest absolute Gasteiger partial charge is 0.484 e. The SMILES string of the molecule is Cc1cccc(OCC(=O)NCCc2nc3ccccc3[nH]2)c1. The predicted octanol–water partition coefficient (Wildman–Crippen LogP) is 2.61. The molecule has 0 unspecified atom stereocenters. The van der Waals surface area contributed by atoms with Crippen LogP contribution in [0.15, 0.2) is 48.5 Å². The first-order valence-corrected chi connectivity index (χ1v) is 7.60. The summed E-state index contributed by atoms with van der Waals surface area (Å²) in [5.41, 5.74) is 3.06. The van der Waals surface area contributed by atoms with Crippen molar-refractivity contribution in [1.29, 1.82) is 0 Å². The minimum Gasteiger partial charge on any atom is -0.484 e. The summed E-state index contributed by atoms with van der Waals surface area (Å²) in [5.74, 6) is 1.44. The highest BCUT2D eigenvalue weighted by molar-refractivity contribution is 5.77. The average molecular weight is 309 g/mol. The lowest BCUT2D eigenvalue weighted by Crippen LogP contribution is -2.30. The van der Waals surface area contributed by atoms with E-state index < -0.39 is 0 Å². The molecule has 0 aliphatic rings. The van der Waals surface area contributed by atoms with E-state index in [0.29, 0.717) is 18.7 Å². The topological polar surface area (TPSA) is 67.0 Å². The van der Waals surface area contributed by atoms with E-state index in [-0.39, 0.29) is 12.5 Å². The highest BCUT2D eigenvalue weighted by Gasteiger charge is 2.05. The summed E-state index contributed by atoms with van der Waals surface area (Å²) in [6.45, 7) is 2.53. The van der Waals surface area contributed by atoms with Crippen LogP contribution < -0.4 is 10.1 Å². The second-order valence-corrected chi connectivity index (χ2v) is 5.41. The number of imidazole rings is 1. The van der Waals surface area contributed by atoms with Gasteiger partial charge < -0.3 is 15.0 Å². The molecule has 3 rings (SSSR count). The number of benzene rings is 2. The van der Waals surface area contributed by atoms with Gasteiger partial charge in [0, 0.05) is 13.0 Å². The van der Waals surface area contributed by atoms with Gasteiger partial charge >= 0.3 is 0 Å². The van der Waals surface area contributed by atoms with Gasteiger partial charge in [0.15, 0.2) is 6.61 Å². The lowest BCUT2D eigenvalue weighted by molar-refractivity contribution is -0.123. The number of nitrogens with zero attached hydrogens (tertiary/aromatic N) is 1. The van der Waals surface area contributed by atoms with Crippen LogP contribution in [-0.4, -0.2) is 29.0 Å². The minimum atomic E-state index is -0.136. The molecular weight excluding hydrogens is 290 g/mol. The van der Waals surface area contributed by atoms with Crippen molar-refractivity contribution in [2.75, 3.05) is 13.2 Å². The number of ether oxygens (including phenoxy) is 1. The van der Waals surface area contributed by atoms with Crippen LogP contribution in [0.1, 0.15) is 11.4 Å². The number of rotatable bonds is 6. The Morgan fingerprint density at radius 2 is 2.09 bits per heavy atom. The maximum atomic E-state index is 11.8. The van der Waals surface area contributed by atoms with Crippen molar-refractivity contribution in [2.24, 2.45) is 0 Å². The Hall–Kier alpha value is -2.82. The number of aromatic amines is 1. The molecule has 1 heterocycles. The molecule has 0 radical (unpaired) electrons. The van der Waals surface area contributed by atoms with E-state index in [1.807, 2.05) is 55.5 Å². The lowest BCUT2D eigenvalue weighted by Gasteiger charge is -2.07. The number of aryl methyl sites for hydroxylation is 1. The number of carbonyl (C=O) groups is 1. The molecular formula is C18H19N3O2. The van der Waals surface area contributed by atoms with Crippen LogP contribution in [0.3, 0.4) is 0 Å². The van der Waals surface area contributed by atoms with Gasteiger partial charge in [-0.2, -0.15) is 0 Å². The summed E-state index contributed by atoms with van der Waals surface area (Å²) in [7, 11) is 0. The Morgan fingerprint density at radius 1 is 1.22 bits per heavy atom. The number of carbonyl (C=O) groups excluding carboxylic acids is 1. The fraction of sp³-hybridized carbons (Fsp3) is 0.222. The van der Waals surface area contributed by atoms with Crippen molar-refractivity contribution in [3.8, 4) is 5.75 Å². The molecule has 2 N–H and O–H groups in total. The summed E-state index contributed by atoms with van der Waals surface area (Å²) in [6.07, 6.45) is 0.658. The van der Waals surface area contributed by atoms with E-state index in [2.05, 4.69) is 15.3 Å². The van der Waals surface area contributed by atoms with Crippen molar-refractivity contribution >= 4 is 16.9 Å². The Morgan fingerprint density at radius 3 is 2.91 bits per heavy atom. The fourth-order valence-electron chi connectivity index (χ4n) is 2.35. The number of hydrogen-bond donors (Lipinski definition) is 2. The summed E-state index contributed by atoms with van der Waals surface area (Å²) >= 11 is 0. The smallest absolute Gasteiger partial charge is 0.257 e. The molecule has 0 fully saturated rings. The molecule has 2 aromatic carbocycles. The Kier molecular flexibility index (Phi) is 4.57. The van der Waals surface area contributed by atoms with Crippen molar-refractivity contribution in [3.63, 3.8) is 0 Å². The molecule has 0 atom stereocenters. The van der Waals surface area contributed by atoms with Crippen LogP contribution in [0.2, 0.25) is 0 Å². The Labute approximate surface area is 134 Å². The first-order valence-electron chi connectivity index (χ1n) is 7.60. The number of amides is 1. The average Bonchev–Trinajstić information content (AvgIpc) is 2.96. The van der Waals surface area contributed by atoms with Gasteiger partial charge in [-0.25, -0.2) is 4.98 Å². The van der Waals surface area contributed by atoms with Crippen LogP contribution in [0.4, 0.5) is 0 Å². The van der Waals surface area contributed by atoms with Crippen molar-refractivity contribution in [2.45, 2.75) is 13.3 Å². The summed E-state index contributed by atoms with van der Waals surface area (Å²) in [4.78, 5) is 19.5. The van der Waals surface area contributed by atoms with Gasteiger partial charge in [0.25, 0.3) is 5.91 Å². The molecule has 0 spiro atoms. The number of fused-ring (bicyclic) bond motifs is 1. The second-order valence-electron chi connectivity index (χ2n) is 5.41. The molecule has 0 aliphatic carbocycles. The van der Waals surface area contributed by atoms with Gasteiger partial charge in [0.1, 0.15) is 11.6 Å². The van der Waals surface area contributed by atoms with Gasteiger partial charge in [-0.3, -0.25) is 4.79 Å². The third kappa shape index (κ3) is 4.10. The molecule has 118 valence electrons. The van der Waals surface area contributed by atoms with Gasteiger partial charge in [0.2, 0.25) is 0 Å². The monoisotopic (exact) mass is 309 g/mol. The molecule has 5 nitrogen and oxygen atoms in total.